The van der Waals surface area contributed by atoms with E-state index in [1.165, 1.54) is 5.69 Å². The summed E-state index contributed by atoms with van der Waals surface area (Å²) in [5.41, 5.74) is 2.94. The first kappa shape index (κ1) is 21.7. The molecule has 0 radical (unpaired) electrons. The van der Waals surface area contributed by atoms with Gasteiger partial charge in [-0.15, -0.1) is 0 Å². The second-order valence-electron chi connectivity index (χ2n) is 10.6. The zero-order chi connectivity index (χ0) is 22.3. The van der Waals surface area contributed by atoms with Crippen molar-refractivity contribution in [2.75, 3.05) is 29.9 Å². The summed E-state index contributed by atoms with van der Waals surface area (Å²) in [6, 6.07) is 6.50. The monoisotopic (exact) mass is 439 g/mol. The van der Waals surface area contributed by atoms with Crippen LogP contribution in [-0.4, -0.2) is 53.6 Å². The number of anilines is 2. The molecule has 0 aromatic heterocycles. The number of aliphatic hydroxyl groups is 1. The highest BCUT2D eigenvalue weighted by atomic mass is 16.3. The molecule has 5 rings (SSSR count). The highest BCUT2D eigenvalue weighted by Gasteiger charge is 2.50. The molecule has 2 heterocycles. The molecule has 4 fully saturated rings. The van der Waals surface area contributed by atoms with Crippen LogP contribution in [0.3, 0.4) is 0 Å². The zero-order valence-electron chi connectivity index (χ0n) is 19.3. The van der Waals surface area contributed by atoms with Crippen LogP contribution in [0.25, 0.3) is 0 Å². The van der Waals surface area contributed by atoms with E-state index in [4.69, 9.17) is 0 Å². The number of benzene rings is 1. The Labute approximate surface area is 191 Å². The minimum absolute atomic E-state index is 0.146. The minimum Gasteiger partial charge on any atom is -0.393 e. The maximum absolute atomic E-state index is 13.6. The van der Waals surface area contributed by atoms with Gasteiger partial charge in [-0.1, -0.05) is 6.42 Å². The first-order chi connectivity index (χ1) is 15.4. The molecule has 2 saturated heterocycles. The molecule has 2 amide bonds. The molecule has 2 aliphatic heterocycles. The summed E-state index contributed by atoms with van der Waals surface area (Å²) in [6.07, 6.45) is 9.42. The second-order valence-corrected chi connectivity index (χ2v) is 10.6. The highest BCUT2D eigenvalue weighted by molar-refractivity contribution is 5.93. The molecule has 4 aliphatic rings. The van der Waals surface area contributed by atoms with Gasteiger partial charge in [0.1, 0.15) is 0 Å². The topological polar surface area (TPSA) is 72.9 Å². The lowest BCUT2D eigenvalue weighted by molar-refractivity contribution is -0.139. The molecule has 6 heteroatoms. The predicted octanol–water partition coefficient (Wildman–Crippen LogP) is 3.86. The van der Waals surface area contributed by atoms with Gasteiger partial charge in [0.2, 0.25) is 11.8 Å². The van der Waals surface area contributed by atoms with Crippen LogP contribution in [0.5, 0.6) is 0 Å². The Hall–Kier alpha value is -2.08. The normalized spacial score (nSPS) is 31.1. The molecular weight excluding hydrogens is 402 g/mol. The van der Waals surface area contributed by atoms with Crippen LogP contribution in [0, 0.1) is 18.3 Å². The van der Waals surface area contributed by atoms with E-state index >= 15 is 0 Å². The lowest BCUT2D eigenvalue weighted by Crippen LogP contribution is -2.50. The third kappa shape index (κ3) is 4.02. The number of hydrogen-bond donors (Lipinski definition) is 2. The molecule has 1 atom stereocenters. The second kappa shape index (κ2) is 8.69. The van der Waals surface area contributed by atoms with Gasteiger partial charge in [-0.25, -0.2) is 0 Å². The van der Waals surface area contributed by atoms with E-state index in [0.29, 0.717) is 11.9 Å². The van der Waals surface area contributed by atoms with E-state index in [0.717, 1.165) is 95.1 Å². The van der Waals surface area contributed by atoms with Crippen molar-refractivity contribution >= 4 is 23.2 Å². The maximum Gasteiger partial charge on any atom is 0.230 e. The number of hydrogen-bond acceptors (Lipinski definition) is 4. The van der Waals surface area contributed by atoms with Crippen LogP contribution >= 0.6 is 0 Å². The Morgan fingerprint density at radius 2 is 1.84 bits per heavy atom. The van der Waals surface area contributed by atoms with Crippen molar-refractivity contribution in [3.05, 3.63) is 23.8 Å². The van der Waals surface area contributed by atoms with E-state index in [-0.39, 0.29) is 23.3 Å². The first-order valence-electron chi connectivity index (χ1n) is 12.6. The molecule has 1 spiro atoms. The number of likely N-dealkylation sites (tertiary alicyclic amines) is 1. The summed E-state index contributed by atoms with van der Waals surface area (Å²) in [5, 5.41) is 12.9. The minimum atomic E-state index is -0.266. The lowest BCUT2D eigenvalue weighted by Gasteiger charge is -2.42. The summed E-state index contributed by atoms with van der Waals surface area (Å²) in [6.45, 7) is 4.72. The van der Waals surface area contributed by atoms with Gasteiger partial charge in [-0.05, 0) is 88.5 Å². The largest absolute Gasteiger partial charge is 0.393 e. The Balaban J connectivity index is 1.26. The number of carbonyl (C=O) groups is 2. The number of piperidine rings is 1. The fourth-order valence-corrected chi connectivity index (χ4v) is 6.28. The first-order valence-corrected chi connectivity index (χ1v) is 12.6. The van der Waals surface area contributed by atoms with Crippen molar-refractivity contribution in [2.24, 2.45) is 11.3 Å². The predicted molar refractivity (Wildman–Crippen MR) is 126 cm³/mol. The fraction of sp³-hybridized carbons (Fsp3) is 0.692. The summed E-state index contributed by atoms with van der Waals surface area (Å²) in [5.74, 6) is 0.665. The summed E-state index contributed by atoms with van der Waals surface area (Å²) in [4.78, 5) is 30.4. The van der Waals surface area contributed by atoms with Gasteiger partial charge >= 0.3 is 0 Å². The number of carbonyl (C=O) groups excluding carboxylic acids is 2. The van der Waals surface area contributed by atoms with Crippen LogP contribution < -0.4 is 10.2 Å². The van der Waals surface area contributed by atoms with Crippen LogP contribution in [-0.2, 0) is 9.59 Å². The summed E-state index contributed by atoms with van der Waals surface area (Å²) in [7, 11) is 0. The zero-order valence-corrected chi connectivity index (χ0v) is 19.3. The molecule has 2 saturated carbocycles. The molecule has 1 aromatic carbocycles. The number of nitrogens with one attached hydrogen (secondary N) is 1. The van der Waals surface area contributed by atoms with Gasteiger partial charge in [-0.3, -0.25) is 9.59 Å². The van der Waals surface area contributed by atoms with Crippen molar-refractivity contribution in [1.29, 1.82) is 0 Å². The quantitative estimate of drug-likeness (QED) is 0.747. The van der Waals surface area contributed by atoms with Gasteiger partial charge in [-0.2, -0.15) is 0 Å². The Morgan fingerprint density at radius 1 is 1.06 bits per heavy atom. The third-order valence-corrected chi connectivity index (χ3v) is 8.51. The fourth-order valence-electron chi connectivity index (χ4n) is 6.28. The van der Waals surface area contributed by atoms with Gasteiger partial charge < -0.3 is 20.2 Å². The SMILES string of the molecule is Cc1cc(NC(=O)C2CCC2)ccc1N1CCC[C@]2(CCN(C3CCC(O)CC3)C2=O)C1. The van der Waals surface area contributed by atoms with Crippen LogP contribution in [0.15, 0.2) is 18.2 Å². The molecule has 2 N–H and O–H groups in total. The number of nitrogens with zero attached hydrogens (tertiary/aromatic N) is 2. The smallest absolute Gasteiger partial charge is 0.230 e. The van der Waals surface area contributed by atoms with Gasteiger partial charge in [0.25, 0.3) is 0 Å². The Bertz CT molecular complexity index is 875. The molecule has 174 valence electrons. The van der Waals surface area contributed by atoms with Crippen LogP contribution in [0.2, 0.25) is 0 Å². The van der Waals surface area contributed by atoms with Crippen LogP contribution in [0.1, 0.15) is 69.8 Å². The number of aryl methyl sites for hydroxylation is 1. The standard InChI is InChI=1S/C26H37N3O3/c1-18-16-20(27-24(31)19-4-2-5-19)6-11-23(18)28-14-3-12-26(17-28)13-15-29(25(26)32)21-7-9-22(30)10-8-21/h6,11,16,19,21-22,30H,2-5,7-10,12-15,17H2,1H3,(H,27,31)/t21?,22?,26-/m0/s1. The van der Waals surface area contributed by atoms with Crippen molar-refractivity contribution in [2.45, 2.75) is 83.3 Å². The Morgan fingerprint density at radius 3 is 2.53 bits per heavy atom. The molecular formula is C26H37N3O3. The van der Waals surface area contributed by atoms with E-state index < -0.39 is 0 Å². The molecule has 2 aliphatic carbocycles. The molecule has 1 aromatic rings. The molecule has 32 heavy (non-hydrogen) atoms. The van der Waals surface area contributed by atoms with Crippen molar-refractivity contribution in [3.63, 3.8) is 0 Å². The lowest BCUT2D eigenvalue weighted by atomic mass is 9.78. The van der Waals surface area contributed by atoms with Crippen molar-refractivity contribution in [1.82, 2.24) is 4.90 Å². The van der Waals surface area contributed by atoms with Crippen LogP contribution in [0.4, 0.5) is 11.4 Å². The summed E-state index contributed by atoms with van der Waals surface area (Å²) < 4.78 is 0. The third-order valence-electron chi connectivity index (χ3n) is 8.51. The van der Waals surface area contributed by atoms with E-state index in [1.807, 2.05) is 6.07 Å². The number of amides is 2. The van der Waals surface area contributed by atoms with Gasteiger partial charge in [0, 0.05) is 43.0 Å². The maximum atomic E-state index is 13.6. The highest BCUT2D eigenvalue weighted by Crippen LogP contribution is 2.44. The number of aliphatic hydroxyl groups excluding tert-OH is 1. The van der Waals surface area contributed by atoms with Gasteiger partial charge in [0.15, 0.2) is 0 Å². The van der Waals surface area contributed by atoms with E-state index in [1.54, 1.807) is 0 Å². The average Bonchev–Trinajstić information content (AvgIpc) is 3.03. The van der Waals surface area contributed by atoms with Gasteiger partial charge in [0.05, 0.1) is 11.5 Å². The summed E-state index contributed by atoms with van der Waals surface area (Å²) >= 11 is 0. The van der Waals surface area contributed by atoms with E-state index in [9.17, 15) is 14.7 Å². The molecule has 0 bridgehead atoms. The Kier molecular flexibility index (Phi) is 5.91. The average molecular weight is 440 g/mol. The van der Waals surface area contributed by atoms with Crippen molar-refractivity contribution in [3.8, 4) is 0 Å². The van der Waals surface area contributed by atoms with Crippen molar-refractivity contribution < 1.29 is 14.7 Å². The number of rotatable bonds is 4. The molecule has 0 unspecified atom stereocenters. The molecule has 6 nitrogen and oxygen atoms in total. The van der Waals surface area contributed by atoms with E-state index in [2.05, 4.69) is 34.2 Å².